The lowest BCUT2D eigenvalue weighted by molar-refractivity contribution is -0.646. The summed E-state index contributed by atoms with van der Waals surface area (Å²) in [7, 11) is 2.02. The molecule has 17 heavy (non-hydrogen) atoms. The van der Waals surface area contributed by atoms with Crippen LogP contribution in [0.2, 0.25) is 0 Å². The molecular formula is C14H14N3+. The van der Waals surface area contributed by atoms with Gasteiger partial charge in [0.05, 0.1) is 13.2 Å². The zero-order valence-electron chi connectivity index (χ0n) is 9.74. The fourth-order valence-electron chi connectivity index (χ4n) is 2.13. The summed E-state index contributed by atoms with van der Waals surface area (Å²) in [5.41, 5.74) is 2.57. The van der Waals surface area contributed by atoms with Crippen molar-refractivity contribution in [1.29, 1.82) is 0 Å². The van der Waals surface area contributed by atoms with E-state index < -0.39 is 0 Å². The van der Waals surface area contributed by atoms with Crippen LogP contribution >= 0.6 is 0 Å². The molecule has 3 heteroatoms. The first-order valence-corrected chi connectivity index (χ1v) is 5.69. The summed E-state index contributed by atoms with van der Waals surface area (Å²) in [6, 6.07) is 12.4. The first kappa shape index (κ1) is 10.0. The van der Waals surface area contributed by atoms with Gasteiger partial charge in [-0.15, -0.1) is 0 Å². The number of imidazole rings is 1. The molecule has 0 aliphatic carbocycles. The molecule has 0 aliphatic rings. The van der Waals surface area contributed by atoms with E-state index in [1.807, 2.05) is 25.4 Å². The normalized spacial score (nSPS) is 10.9. The zero-order valence-corrected chi connectivity index (χ0v) is 9.74. The molecular weight excluding hydrogens is 210 g/mol. The summed E-state index contributed by atoms with van der Waals surface area (Å²) in [6.07, 6.45) is 6.94. The standard InChI is InChI=1S/C14H14N3/c1-16-11-13(10-12-6-3-2-4-7-12)17-9-5-8-15-14(16)17/h2-9,11H,10H2,1H3/q+1. The molecule has 0 radical (unpaired) electrons. The molecule has 0 aliphatic heterocycles. The predicted molar refractivity (Wildman–Crippen MR) is 65.6 cm³/mol. The molecule has 0 atom stereocenters. The average Bonchev–Trinajstić information content (AvgIpc) is 2.69. The molecule has 84 valence electrons. The molecule has 0 fully saturated rings. The van der Waals surface area contributed by atoms with Crippen LogP contribution in [0.4, 0.5) is 0 Å². The number of rotatable bonds is 2. The van der Waals surface area contributed by atoms with Gasteiger partial charge in [0, 0.05) is 12.5 Å². The fourth-order valence-corrected chi connectivity index (χ4v) is 2.13. The van der Waals surface area contributed by atoms with Crippen molar-refractivity contribution in [1.82, 2.24) is 9.38 Å². The molecule has 3 rings (SSSR count). The van der Waals surface area contributed by atoms with Crippen LogP contribution in [-0.4, -0.2) is 9.38 Å². The van der Waals surface area contributed by atoms with Crippen LogP contribution in [0.1, 0.15) is 11.3 Å². The van der Waals surface area contributed by atoms with E-state index in [1.165, 1.54) is 11.3 Å². The summed E-state index contributed by atoms with van der Waals surface area (Å²) in [4.78, 5) is 4.37. The summed E-state index contributed by atoms with van der Waals surface area (Å²) in [5.74, 6) is 0.971. The van der Waals surface area contributed by atoms with Gasteiger partial charge < -0.3 is 0 Å². The summed E-state index contributed by atoms with van der Waals surface area (Å²) >= 11 is 0. The molecule has 2 aromatic heterocycles. The molecule has 0 spiro atoms. The Bertz CT molecular complexity index is 641. The number of hydrogen-bond acceptors (Lipinski definition) is 1. The first-order chi connectivity index (χ1) is 8.34. The smallest absolute Gasteiger partial charge is 0.234 e. The third-order valence-corrected chi connectivity index (χ3v) is 2.92. The van der Waals surface area contributed by atoms with Crippen molar-refractivity contribution < 1.29 is 4.57 Å². The fraction of sp³-hybridized carbons (Fsp3) is 0.143. The molecule has 0 saturated carbocycles. The number of aromatic nitrogens is 3. The minimum Gasteiger partial charge on any atom is -0.234 e. The Labute approximate surface area is 100.0 Å². The highest BCUT2D eigenvalue weighted by Crippen LogP contribution is 2.09. The van der Waals surface area contributed by atoms with Crippen molar-refractivity contribution in [2.45, 2.75) is 6.42 Å². The Hall–Kier alpha value is -2.16. The topological polar surface area (TPSA) is 21.2 Å². The Kier molecular flexibility index (Phi) is 2.37. The van der Waals surface area contributed by atoms with E-state index in [2.05, 4.69) is 50.6 Å². The van der Waals surface area contributed by atoms with Crippen LogP contribution in [0.15, 0.2) is 55.0 Å². The van der Waals surface area contributed by atoms with Crippen molar-refractivity contribution in [3.05, 3.63) is 66.2 Å². The van der Waals surface area contributed by atoms with Gasteiger partial charge in [0.15, 0.2) is 0 Å². The van der Waals surface area contributed by atoms with Crippen molar-refractivity contribution in [2.24, 2.45) is 7.05 Å². The van der Waals surface area contributed by atoms with E-state index in [4.69, 9.17) is 0 Å². The Morgan fingerprint density at radius 3 is 2.82 bits per heavy atom. The minimum absolute atomic E-state index is 0.925. The molecule has 0 saturated heterocycles. The van der Waals surface area contributed by atoms with E-state index in [-0.39, 0.29) is 0 Å². The highest BCUT2D eigenvalue weighted by Gasteiger charge is 2.13. The molecule has 2 heterocycles. The van der Waals surface area contributed by atoms with Gasteiger partial charge in [0.1, 0.15) is 18.1 Å². The monoisotopic (exact) mass is 224 g/mol. The van der Waals surface area contributed by atoms with Gasteiger partial charge in [0.25, 0.3) is 0 Å². The lowest BCUT2D eigenvalue weighted by atomic mass is 10.1. The number of aryl methyl sites for hydroxylation is 1. The van der Waals surface area contributed by atoms with Crippen LogP contribution in [0.25, 0.3) is 5.78 Å². The number of benzene rings is 1. The van der Waals surface area contributed by atoms with Gasteiger partial charge in [-0.05, 0) is 5.56 Å². The van der Waals surface area contributed by atoms with Crippen molar-refractivity contribution >= 4 is 5.78 Å². The van der Waals surface area contributed by atoms with Crippen molar-refractivity contribution in [2.75, 3.05) is 0 Å². The molecule has 0 N–H and O–H groups in total. The van der Waals surface area contributed by atoms with Gasteiger partial charge in [-0.1, -0.05) is 35.3 Å². The molecule has 0 bridgehead atoms. The average molecular weight is 224 g/mol. The summed E-state index contributed by atoms with van der Waals surface area (Å²) < 4.78 is 4.19. The second kappa shape index (κ2) is 4.01. The third kappa shape index (κ3) is 1.80. The van der Waals surface area contributed by atoms with Crippen LogP contribution in [0, 0.1) is 0 Å². The maximum atomic E-state index is 4.37. The number of fused-ring (bicyclic) bond motifs is 1. The predicted octanol–water partition coefficient (Wildman–Crippen LogP) is 1.75. The van der Waals surface area contributed by atoms with Crippen LogP contribution < -0.4 is 4.57 Å². The lowest BCUT2D eigenvalue weighted by Crippen LogP contribution is -2.26. The minimum atomic E-state index is 0.925. The second-order valence-electron chi connectivity index (χ2n) is 4.18. The maximum absolute atomic E-state index is 4.37. The lowest BCUT2D eigenvalue weighted by Gasteiger charge is -1.96. The van der Waals surface area contributed by atoms with Gasteiger partial charge in [-0.25, -0.2) is 8.97 Å². The van der Waals surface area contributed by atoms with Gasteiger partial charge in [0.2, 0.25) is 0 Å². The van der Waals surface area contributed by atoms with Crippen molar-refractivity contribution in [3.8, 4) is 0 Å². The highest BCUT2D eigenvalue weighted by molar-refractivity contribution is 5.27. The number of hydrogen-bond donors (Lipinski definition) is 0. The van der Waals surface area contributed by atoms with Crippen LogP contribution in [0.5, 0.6) is 0 Å². The van der Waals surface area contributed by atoms with Gasteiger partial charge in [-0.3, -0.25) is 0 Å². The summed E-state index contributed by atoms with van der Waals surface area (Å²) in [6.45, 7) is 0. The van der Waals surface area contributed by atoms with Crippen LogP contribution in [-0.2, 0) is 13.5 Å². The molecule has 3 aromatic rings. The van der Waals surface area contributed by atoms with Gasteiger partial charge in [-0.2, -0.15) is 0 Å². The Morgan fingerprint density at radius 2 is 2.00 bits per heavy atom. The quantitative estimate of drug-likeness (QED) is 0.608. The number of nitrogens with zero attached hydrogens (tertiary/aromatic N) is 3. The Balaban J connectivity index is 2.07. The van der Waals surface area contributed by atoms with E-state index in [1.54, 1.807) is 0 Å². The third-order valence-electron chi connectivity index (χ3n) is 2.92. The Morgan fingerprint density at radius 1 is 1.18 bits per heavy atom. The van der Waals surface area contributed by atoms with E-state index in [0.717, 1.165) is 12.2 Å². The van der Waals surface area contributed by atoms with Crippen molar-refractivity contribution in [3.63, 3.8) is 0 Å². The molecule has 0 unspecified atom stereocenters. The summed E-state index contributed by atoms with van der Waals surface area (Å²) in [5, 5.41) is 0. The zero-order chi connectivity index (χ0) is 11.7. The van der Waals surface area contributed by atoms with E-state index in [9.17, 15) is 0 Å². The van der Waals surface area contributed by atoms with E-state index >= 15 is 0 Å². The molecule has 1 aromatic carbocycles. The SMILES string of the molecule is C[n+]1cc(Cc2ccccc2)n2cccnc21. The maximum Gasteiger partial charge on any atom is 0.403 e. The van der Waals surface area contributed by atoms with Crippen LogP contribution in [0.3, 0.4) is 0 Å². The second-order valence-corrected chi connectivity index (χ2v) is 4.18. The largest absolute Gasteiger partial charge is 0.403 e. The van der Waals surface area contributed by atoms with Gasteiger partial charge >= 0.3 is 5.78 Å². The first-order valence-electron chi connectivity index (χ1n) is 5.69. The highest BCUT2D eigenvalue weighted by atomic mass is 15.2. The molecule has 0 amide bonds. The molecule has 3 nitrogen and oxygen atoms in total. The van der Waals surface area contributed by atoms with E-state index in [0.29, 0.717) is 0 Å².